The van der Waals surface area contributed by atoms with Crippen LogP contribution in [0.4, 0.5) is 17.5 Å². The molecule has 1 fully saturated rings. The van der Waals surface area contributed by atoms with Crippen LogP contribution in [0.2, 0.25) is 0 Å². The smallest absolute Gasteiger partial charge is 0.249 e. The first-order valence-electron chi connectivity index (χ1n) is 7.57. The molecule has 6 heteroatoms. The molecule has 22 heavy (non-hydrogen) atoms. The van der Waals surface area contributed by atoms with E-state index in [1.165, 1.54) is 32.1 Å². The standard InChI is InChI=1S/C16H18N6/c17-10-12-6-8-14(9-7-12)20-16-21-15(11-18-22-16)19-13-4-2-1-3-5-13/h6-9,11,13H,1-5H2,(H2,19,20,21,22). The molecule has 0 unspecified atom stereocenters. The fourth-order valence-corrected chi connectivity index (χ4v) is 2.64. The summed E-state index contributed by atoms with van der Waals surface area (Å²) in [6.45, 7) is 0. The molecule has 3 rings (SSSR count). The molecule has 0 radical (unpaired) electrons. The number of nitrogens with zero attached hydrogens (tertiary/aromatic N) is 4. The van der Waals surface area contributed by atoms with E-state index < -0.39 is 0 Å². The Balaban J connectivity index is 1.66. The van der Waals surface area contributed by atoms with Crippen molar-refractivity contribution in [1.82, 2.24) is 15.2 Å². The number of nitrogens with one attached hydrogen (secondary N) is 2. The van der Waals surface area contributed by atoms with Crippen LogP contribution < -0.4 is 10.6 Å². The molecule has 2 N–H and O–H groups in total. The number of benzene rings is 1. The van der Waals surface area contributed by atoms with E-state index >= 15 is 0 Å². The first kappa shape index (κ1) is 14.3. The molecule has 1 heterocycles. The number of hydrogen-bond acceptors (Lipinski definition) is 6. The third-order valence-electron chi connectivity index (χ3n) is 3.79. The predicted octanol–water partition coefficient (Wildman–Crippen LogP) is 3.23. The molecule has 1 aliphatic carbocycles. The molecule has 0 saturated heterocycles. The highest BCUT2D eigenvalue weighted by Crippen LogP contribution is 2.21. The van der Waals surface area contributed by atoms with Crippen molar-refractivity contribution in [3.63, 3.8) is 0 Å². The van der Waals surface area contributed by atoms with E-state index in [0.717, 1.165) is 11.5 Å². The second kappa shape index (κ2) is 6.85. The van der Waals surface area contributed by atoms with Crippen molar-refractivity contribution in [2.24, 2.45) is 0 Å². The Morgan fingerprint density at radius 1 is 1.09 bits per heavy atom. The van der Waals surface area contributed by atoms with Crippen LogP contribution in [-0.4, -0.2) is 21.2 Å². The van der Waals surface area contributed by atoms with Gasteiger partial charge in [0.1, 0.15) is 0 Å². The third kappa shape index (κ3) is 3.70. The van der Waals surface area contributed by atoms with Gasteiger partial charge in [-0.1, -0.05) is 19.3 Å². The summed E-state index contributed by atoms with van der Waals surface area (Å²) in [6, 6.07) is 9.72. The zero-order chi connectivity index (χ0) is 15.2. The predicted molar refractivity (Wildman–Crippen MR) is 84.8 cm³/mol. The number of hydrogen-bond donors (Lipinski definition) is 2. The van der Waals surface area contributed by atoms with Crippen molar-refractivity contribution in [1.29, 1.82) is 5.26 Å². The van der Waals surface area contributed by atoms with Gasteiger partial charge in [0.25, 0.3) is 0 Å². The van der Waals surface area contributed by atoms with E-state index in [1.54, 1.807) is 18.3 Å². The molecule has 0 amide bonds. The van der Waals surface area contributed by atoms with Gasteiger partial charge in [-0.25, -0.2) is 0 Å². The second-order valence-corrected chi connectivity index (χ2v) is 5.46. The summed E-state index contributed by atoms with van der Waals surface area (Å²) in [5.74, 6) is 1.20. The maximum Gasteiger partial charge on any atom is 0.249 e. The van der Waals surface area contributed by atoms with E-state index in [9.17, 15) is 0 Å². The Bertz CT molecular complexity index is 655. The molecular formula is C16H18N6. The van der Waals surface area contributed by atoms with Crippen molar-refractivity contribution < 1.29 is 0 Å². The van der Waals surface area contributed by atoms with Gasteiger partial charge in [0.05, 0.1) is 17.8 Å². The Labute approximate surface area is 129 Å². The summed E-state index contributed by atoms with van der Waals surface area (Å²) < 4.78 is 0. The summed E-state index contributed by atoms with van der Waals surface area (Å²) in [6.07, 6.45) is 7.88. The van der Waals surface area contributed by atoms with Crippen molar-refractivity contribution in [3.05, 3.63) is 36.0 Å². The van der Waals surface area contributed by atoms with Crippen LogP contribution in [0, 0.1) is 11.3 Å². The van der Waals surface area contributed by atoms with Crippen LogP contribution in [0.25, 0.3) is 0 Å². The summed E-state index contributed by atoms with van der Waals surface area (Å²) >= 11 is 0. The lowest BCUT2D eigenvalue weighted by Gasteiger charge is -2.23. The minimum Gasteiger partial charge on any atom is -0.366 e. The minimum atomic E-state index is 0.450. The largest absolute Gasteiger partial charge is 0.366 e. The number of nitriles is 1. The fourth-order valence-electron chi connectivity index (χ4n) is 2.64. The SMILES string of the molecule is N#Cc1ccc(Nc2nncc(NC3CCCCC3)n2)cc1. The van der Waals surface area contributed by atoms with Crippen molar-refractivity contribution in [2.45, 2.75) is 38.1 Å². The highest BCUT2D eigenvalue weighted by atomic mass is 15.3. The normalized spacial score (nSPS) is 15.0. The molecule has 1 aromatic heterocycles. The molecule has 0 aliphatic heterocycles. The van der Waals surface area contributed by atoms with Gasteiger partial charge in [0.2, 0.25) is 5.95 Å². The molecule has 0 atom stereocenters. The van der Waals surface area contributed by atoms with Gasteiger partial charge in [0.15, 0.2) is 5.82 Å². The lowest BCUT2D eigenvalue weighted by atomic mass is 9.96. The first-order valence-corrected chi connectivity index (χ1v) is 7.57. The van der Waals surface area contributed by atoms with Crippen molar-refractivity contribution >= 4 is 17.5 Å². The molecule has 0 spiro atoms. The Morgan fingerprint density at radius 3 is 2.59 bits per heavy atom. The van der Waals surface area contributed by atoms with E-state index in [1.807, 2.05) is 12.1 Å². The lowest BCUT2D eigenvalue weighted by molar-refractivity contribution is 0.461. The van der Waals surface area contributed by atoms with Gasteiger partial charge in [-0.3, -0.25) is 0 Å². The molecule has 6 nitrogen and oxygen atoms in total. The van der Waals surface area contributed by atoms with E-state index in [4.69, 9.17) is 5.26 Å². The average Bonchev–Trinajstić information content (AvgIpc) is 2.57. The summed E-state index contributed by atoms with van der Waals surface area (Å²) in [5, 5.41) is 23.3. The number of anilines is 3. The Morgan fingerprint density at radius 2 is 1.86 bits per heavy atom. The van der Waals surface area contributed by atoms with Crippen LogP contribution in [0.5, 0.6) is 0 Å². The maximum absolute atomic E-state index is 8.80. The molecule has 1 aromatic carbocycles. The molecule has 112 valence electrons. The van der Waals surface area contributed by atoms with Gasteiger partial charge in [-0.15, -0.1) is 5.10 Å². The van der Waals surface area contributed by atoms with E-state index in [-0.39, 0.29) is 0 Å². The highest BCUT2D eigenvalue weighted by molar-refractivity contribution is 5.55. The maximum atomic E-state index is 8.80. The summed E-state index contributed by atoms with van der Waals surface area (Å²) in [5.41, 5.74) is 1.45. The zero-order valence-electron chi connectivity index (χ0n) is 12.3. The topological polar surface area (TPSA) is 86.5 Å². The van der Waals surface area contributed by atoms with Gasteiger partial charge >= 0.3 is 0 Å². The molecule has 1 saturated carbocycles. The van der Waals surface area contributed by atoms with Gasteiger partial charge in [0, 0.05) is 11.7 Å². The molecular weight excluding hydrogens is 276 g/mol. The molecule has 0 bridgehead atoms. The van der Waals surface area contributed by atoms with Gasteiger partial charge < -0.3 is 10.6 Å². The monoisotopic (exact) mass is 294 g/mol. The third-order valence-corrected chi connectivity index (χ3v) is 3.79. The highest BCUT2D eigenvalue weighted by Gasteiger charge is 2.14. The van der Waals surface area contributed by atoms with Crippen molar-refractivity contribution in [3.8, 4) is 6.07 Å². The molecule has 1 aliphatic rings. The quantitative estimate of drug-likeness (QED) is 0.900. The second-order valence-electron chi connectivity index (χ2n) is 5.46. The first-order chi connectivity index (χ1) is 10.8. The van der Waals surface area contributed by atoms with Crippen LogP contribution >= 0.6 is 0 Å². The minimum absolute atomic E-state index is 0.450. The van der Waals surface area contributed by atoms with Gasteiger partial charge in [-0.2, -0.15) is 15.3 Å². The van der Waals surface area contributed by atoms with Crippen LogP contribution in [-0.2, 0) is 0 Å². The van der Waals surface area contributed by atoms with Crippen LogP contribution in [0.3, 0.4) is 0 Å². The fraction of sp³-hybridized carbons (Fsp3) is 0.375. The van der Waals surface area contributed by atoms with E-state index in [2.05, 4.69) is 31.9 Å². The van der Waals surface area contributed by atoms with E-state index in [0.29, 0.717) is 17.6 Å². The number of rotatable bonds is 4. The molecule has 2 aromatic rings. The average molecular weight is 294 g/mol. The number of aromatic nitrogens is 3. The van der Waals surface area contributed by atoms with Crippen molar-refractivity contribution in [2.75, 3.05) is 10.6 Å². The lowest BCUT2D eigenvalue weighted by Crippen LogP contribution is -2.23. The van der Waals surface area contributed by atoms with Gasteiger partial charge in [-0.05, 0) is 37.1 Å². The Hall–Kier alpha value is -2.68. The van der Waals surface area contributed by atoms with Crippen LogP contribution in [0.15, 0.2) is 30.5 Å². The Kier molecular flexibility index (Phi) is 4.44. The summed E-state index contributed by atoms with van der Waals surface area (Å²) in [7, 11) is 0. The summed E-state index contributed by atoms with van der Waals surface area (Å²) in [4.78, 5) is 4.44. The zero-order valence-corrected chi connectivity index (χ0v) is 12.3. The van der Waals surface area contributed by atoms with Crippen LogP contribution in [0.1, 0.15) is 37.7 Å².